The zero-order valence-corrected chi connectivity index (χ0v) is 8.73. The Hall–Kier alpha value is -1.68. The molecule has 2 aliphatic heterocycles. The van der Waals surface area contributed by atoms with Crippen molar-refractivity contribution in [2.45, 2.75) is 18.9 Å². The Morgan fingerprint density at radius 3 is 3.19 bits per heavy atom. The summed E-state index contributed by atoms with van der Waals surface area (Å²) in [5, 5.41) is 12.0. The Labute approximate surface area is 93.1 Å². The number of carboxylic acid groups (broad SMARTS) is 1. The molecule has 0 aromatic carbocycles. The molecule has 1 saturated heterocycles. The summed E-state index contributed by atoms with van der Waals surface area (Å²) < 4.78 is 0. The molecule has 2 N–H and O–H groups in total. The van der Waals surface area contributed by atoms with Crippen LogP contribution in [0, 0.1) is 0 Å². The molecule has 0 aromatic heterocycles. The Balaban J connectivity index is 1.94. The maximum absolute atomic E-state index is 10.9. The molecule has 16 heavy (non-hydrogen) atoms. The summed E-state index contributed by atoms with van der Waals surface area (Å²) in [4.78, 5) is 15.4. The van der Waals surface area contributed by atoms with Crippen LogP contribution in [0.2, 0.25) is 0 Å². The van der Waals surface area contributed by atoms with E-state index < -0.39 is 12.0 Å². The number of carbonyl (C=O) groups is 1. The molecule has 1 atom stereocenters. The lowest BCUT2D eigenvalue weighted by atomic mass is 9.93. The van der Waals surface area contributed by atoms with E-state index in [1.807, 2.05) is 12.2 Å². The fraction of sp³-hybridized carbons (Fsp3) is 0.333. The number of aliphatic imine (C=N–C) groups is 1. The highest BCUT2D eigenvalue weighted by atomic mass is 16.4. The second kappa shape index (κ2) is 3.42. The molecule has 0 amide bonds. The zero-order valence-electron chi connectivity index (χ0n) is 8.73. The van der Waals surface area contributed by atoms with Crippen molar-refractivity contribution < 1.29 is 9.90 Å². The van der Waals surface area contributed by atoms with E-state index in [-0.39, 0.29) is 0 Å². The first-order valence-corrected chi connectivity index (χ1v) is 5.39. The van der Waals surface area contributed by atoms with Crippen molar-refractivity contribution in [1.29, 1.82) is 0 Å². The van der Waals surface area contributed by atoms with E-state index in [4.69, 9.17) is 5.11 Å². The normalized spacial score (nSPS) is 27.1. The molecule has 0 bridgehead atoms. The van der Waals surface area contributed by atoms with Crippen LogP contribution in [-0.2, 0) is 4.79 Å². The van der Waals surface area contributed by atoms with E-state index in [0.717, 1.165) is 17.8 Å². The van der Waals surface area contributed by atoms with Crippen molar-refractivity contribution in [2.75, 3.05) is 6.54 Å². The molecule has 4 nitrogen and oxygen atoms in total. The fourth-order valence-corrected chi connectivity index (χ4v) is 2.36. The summed E-state index contributed by atoms with van der Waals surface area (Å²) in [6.07, 6.45) is 7.50. The summed E-state index contributed by atoms with van der Waals surface area (Å²) in [6, 6.07) is -0.489. The van der Waals surface area contributed by atoms with Crippen LogP contribution in [-0.4, -0.2) is 29.4 Å². The highest BCUT2D eigenvalue weighted by Gasteiger charge is 2.32. The molecule has 0 radical (unpaired) electrons. The van der Waals surface area contributed by atoms with E-state index in [1.165, 1.54) is 11.1 Å². The van der Waals surface area contributed by atoms with E-state index in [2.05, 4.69) is 16.4 Å². The first-order chi connectivity index (χ1) is 7.75. The molecule has 4 heteroatoms. The van der Waals surface area contributed by atoms with Crippen molar-refractivity contribution in [3.05, 3.63) is 35.1 Å². The summed E-state index contributed by atoms with van der Waals surface area (Å²) >= 11 is 0. The first-order valence-electron chi connectivity index (χ1n) is 5.39. The van der Waals surface area contributed by atoms with Gasteiger partial charge in [-0.15, -0.1) is 0 Å². The smallest absolute Gasteiger partial charge is 0.321 e. The molecule has 3 aliphatic rings. The van der Waals surface area contributed by atoms with Crippen molar-refractivity contribution >= 4 is 11.7 Å². The van der Waals surface area contributed by atoms with Gasteiger partial charge in [-0.05, 0) is 23.6 Å². The number of nitrogens with zero attached hydrogens (tertiary/aromatic N) is 1. The Kier molecular flexibility index (Phi) is 2.04. The van der Waals surface area contributed by atoms with Gasteiger partial charge in [-0.25, -0.2) is 0 Å². The minimum atomic E-state index is -0.797. The number of allylic oxidation sites excluding steroid dienone is 4. The molecule has 2 heterocycles. The van der Waals surface area contributed by atoms with Crippen LogP contribution in [0.3, 0.4) is 0 Å². The van der Waals surface area contributed by atoms with Gasteiger partial charge in [0.15, 0.2) is 0 Å². The van der Waals surface area contributed by atoms with Crippen LogP contribution in [0.4, 0.5) is 0 Å². The van der Waals surface area contributed by atoms with Gasteiger partial charge in [0.25, 0.3) is 0 Å². The van der Waals surface area contributed by atoms with Gasteiger partial charge < -0.3 is 5.11 Å². The van der Waals surface area contributed by atoms with Gasteiger partial charge in [-0.1, -0.05) is 12.2 Å². The average Bonchev–Trinajstić information content (AvgIpc) is 2.66. The number of fused-ring (bicyclic) bond motifs is 2. The summed E-state index contributed by atoms with van der Waals surface area (Å²) in [5.74, 6) is -0.797. The molecule has 0 aromatic rings. The Morgan fingerprint density at radius 1 is 1.50 bits per heavy atom. The average molecular weight is 216 g/mol. The molecular formula is C12H12N2O2. The Bertz CT molecular complexity index is 483. The topological polar surface area (TPSA) is 61.7 Å². The quantitative estimate of drug-likeness (QED) is 0.688. The monoisotopic (exact) mass is 216 g/mol. The third-order valence-corrected chi connectivity index (χ3v) is 3.21. The minimum Gasteiger partial charge on any atom is -0.480 e. The Morgan fingerprint density at radius 2 is 2.38 bits per heavy atom. The molecule has 3 rings (SSSR count). The van der Waals surface area contributed by atoms with Crippen LogP contribution in [0.5, 0.6) is 0 Å². The molecule has 0 spiro atoms. The van der Waals surface area contributed by atoms with Crippen molar-refractivity contribution in [3.8, 4) is 0 Å². The number of carboxylic acids is 1. The number of rotatable bonds is 1. The number of nitrogens with one attached hydrogen (secondary N) is 1. The lowest BCUT2D eigenvalue weighted by Crippen LogP contribution is -2.44. The van der Waals surface area contributed by atoms with Crippen LogP contribution >= 0.6 is 0 Å². The minimum absolute atomic E-state index is 0.489. The first kappa shape index (κ1) is 9.54. The van der Waals surface area contributed by atoms with Gasteiger partial charge in [-0.2, -0.15) is 0 Å². The van der Waals surface area contributed by atoms with Crippen LogP contribution in [0.15, 0.2) is 40.1 Å². The standard InChI is InChI=1S/C12H12N2O2/c15-12(16)11-5-10-8(6-13-11)7-3-1-2-4-9(7)14-10/h1-2,4,11,13H,3,5-6H2,(H,15,16)/t11-/m0/s1. The largest absolute Gasteiger partial charge is 0.480 e. The van der Waals surface area contributed by atoms with E-state index in [9.17, 15) is 4.79 Å². The third kappa shape index (κ3) is 1.34. The van der Waals surface area contributed by atoms with Gasteiger partial charge in [0, 0.05) is 18.7 Å². The summed E-state index contributed by atoms with van der Waals surface area (Å²) in [6.45, 7) is 0.621. The van der Waals surface area contributed by atoms with E-state index >= 15 is 0 Å². The second-order valence-corrected chi connectivity index (χ2v) is 4.18. The lowest BCUT2D eigenvalue weighted by molar-refractivity contribution is -0.139. The number of piperidine rings is 1. The summed E-state index contributed by atoms with van der Waals surface area (Å²) in [5.41, 5.74) is 4.43. The SMILES string of the molecule is O=C(O)[C@@H]1CC2=NC3=CC=CCC3=C2CN1. The van der Waals surface area contributed by atoms with Crippen LogP contribution < -0.4 is 5.32 Å². The predicted molar refractivity (Wildman–Crippen MR) is 60.3 cm³/mol. The predicted octanol–water partition coefficient (Wildman–Crippen LogP) is 1.03. The van der Waals surface area contributed by atoms with Gasteiger partial charge in [0.05, 0.1) is 5.70 Å². The highest BCUT2D eigenvalue weighted by Crippen LogP contribution is 2.33. The maximum Gasteiger partial charge on any atom is 0.321 e. The van der Waals surface area contributed by atoms with Crippen molar-refractivity contribution in [2.24, 2.45) is 4.99 Å². The maximum atomic E-state index is 10.9. The van der Waals surface area contributed by atoms with Gasteiger partial charge in [0.2, 0.25) is 0 Å². The molecule has 1 aliphatic carbocycles. The second-order valence-electron chi connectivity index (χ2n) is 4.18. The van der Waals surface area contributed by atoms with Gasteiger partial charge in [-0.3, -0.25) is 15.1 Å². The van der Waals surface area contributed by atoms with Crippen molar-refractivity contribution in [1.82, 2.24) is 5.32 Å². The van der Waals surface area contributed by atoms with E-state index in [1.54, 1.807) is 0 Å². The lowest BCUT2D eigenvalue weighted by Gasteiger charge is -2.22. The van der Waals surface area contributed by atoms with Crippen LogP contribution in [0.25, 0.3) is 0 Å². The molecule has 82 valence electrons. The number of hydrogen-bond acceptors (Lipinski definition) is 3. The van der Waals surface area contributed by atoms with Crippen LogP contribution in [0.1, 0.15) is 12.8 Å². The highest BCUT2D eigenvalue weighted by molar-refractivity contribution is 6.08. The molecule has 0 saturated carbocycles. The number of hydrogen-bond donors (Lipinski definition) is 2. The van der Waals surface area contributed by atoms with Crippen molar-refractivity contribution in [3.63, 3.8) is 0 Å². The molecule has 0 unspecified atom stereocenters. The molecular weight excluding hydrogens is 204 g/mol. The fourth-order valence-electron chi connectivity index (χ4n) is 2.36. The summed E-state index contributed by atoms with van der Waals surface area (Å²) in [7, 11) is 0. The van der Waals surface area contributed by atoms with Gasteiger partial charge >= 0.3 is 5.97 Å². The van der Waals surface area contributed by atoms with Gasteiger partial charge in [0.1, 0.15) is 6.04 Å². The zero-order chi connectivity index (χ0) is 11.1. The molecule has 1 fully saturated rings. The number of aliphatic carboxylic acids is 1. The third-order valence-electron chi connectivity index (χ3n) is 3.21. The van der Waals surface area contributed by atoms with E-state index in [0.29, 0.717) is 13.0 Å².